The molecule has 4 rings (SSSR count). The van der Waals surface area contributed by atoms with Gasteiger partial charge in [0.2, 0.25) is 0 Å². The summed E-state index contributed by atoms with van der Waals surface area (Å²) in [5.41, 5.74) is 1.69. The zero-order valence-corrected chi connectivity index (χ0v) is 10.1. The van der Waals surface area contributed by atoms with Gasteiger partial charge in [-0.15, -0.1) is 0 Å². The number of hydrogen-bond donors (Lipinski definition) is 0. The van der Waals surface area contributed by atoms with E-state index >= 15 is 0 Å². The van der Waals surface area contributed by atoms with Gasteiger partial charge in [-0.1, -0.05) is 35.9 Å². The monoisotopic (exact) mass is 253 g/mol. The number of nitrogens with zero attached hydrogens (tertiary/aromatic N) is 1. The third-order valence-electron chi connectivity index (χ3n) is 3.26. The van der Waals surface area contributed by atoms with E-state index in [9.17, 15) is 0 Å². The van der Waals surface area contributed by atoms with Crippen LogP contribution in [-0.4, -0.2) is 4.98 Å². The molecule has 0 N–H and O–H groups in total. The van der Waals surface area contributed by atoms with Gasteiger partial charge in [0.05, 0.1) is 0 Å². The van der Waals surface area contributed by atoms with Gasteiger partial charge in [-0.3, -0.25) is 0 Å². The lowest BCUT2D eigenvalue weighted by Gasteiger charge is -2.04. The van der Waals surface area contributed by atoms with Gasteiger partial charge in [-0.2, -0.15) is 0 Å². The normalized spacial score (nSPS) is 11.6. The minimum atomic E-state index is 0.732. The van der Waals surface area contributed by atoms with Crippen LogP contribution in [0.5, 0.6) is 0 Å². The summed E-state index contributed by atoms with van der Waals surface area (Å²) in [6, 6.07) is 14.1. The predicted molar refractivity (Wildman–Crippen MR) is 74.0 cm³/mol. The fourth-order valence-electron chi connectivity index (χ4n) is 2.44. The molecule has 2 nitrogen and oxygen atoms in total. The van der Waals surface area contributed by atoms with E-state index in [-0.39, 0.29) is 0 Å². The zero-order valence-electron chi connectivity index (χ0n) is 9.35. The number of fused-ring (bicyclic) bond motifs is 5. The Kier molecular flexibility index (Phi) is 1.91. The number of halogens is 1. The highest BCUT2D eigenvalue weighted by atomic mass is 35.5. The van der Waals surface area contributed by atoms with E-state index in [0.717, 1.165) is 37.7 Å². The molecule has 86 valence electrons. The first-order valence-corrected chi connectivity index (χ1v) is 6.05. The van der Waals surface area contributed by atoms with E-state index in [4.69, 9.17) is 16.0 Å². The average Bonchev–Trinajstić information content (AvgIpc) is 2.86. The first-order valence-electron chi connectivity index (χ1n) is 5.67. The number of benzene rings is 3. The Morgan fingerprint density at radius 3 is 2.67 bits per heavy atom. The number of aromatic nitrogens is 1. The molecule has 0 fully saturated rings. The highest BCUT2D eigenvalue weighted by Gasteiger charge is 2.08. The second kappa shape index (κ2) is 3.47. The average molecular weight is 254 g/mol. The van der Waals surface area contributed by atoms with Crippen LogP contribution in [0.1, 0.15) is 0 Å². The molecule has 0 aliphatic heterocycles. The summed E-state index contributed by atoms with van der Waals surface area (Å²) < 4.78 is 5.36. The summed E-state index contributed by atoms with van der Waals surface area (Å²) in [7, 11) is 0. The highest BCUT2D eigenvalue weighted by molar-refractivity contribution is 6.32. The molecule has 0 saturated carbocycles. The van der Waals surface area contributed by atoms with Crippen molar-refractivity contribution in [2.75, 3.05) is 0 Å². The minimum absolute atomic E-state index is 0.732. The van der Waals surface area contributed by atoms with E-state index in [1.165, 1.54) is 6.39 Å². The molecule has 0 aliphatic carbocycles. The third kappa shape index (κ3) is 1.27. The molecule has 0 aliphatic rings. The van der Waals surface area contributed by atoms with Crippen LogP contribution in [0, 0.1) is 0 Å². The Hall–Kier alpha value is -2.06. The lowest BCUT2D eigenvalue weighted by Crippen LogP contribution is -1.80. The van der Waals surface area contributed by atoms with Crippen molar-refractivity contribution in [2.45, 2.75) is 0 Å². The Morgan fingerprint density at radius 1 is 0.944 bits per heavy atom. The van der Waals surface area contributed by atoms with Crippen molar-refractivity contribution in [1.29, 1.82) is 0 Å². The first kappa shape index (κ1) is 9.92. The molecule has 0 atom stereocenters. The van der Waals surface area contributed by atoms with Gasteiger partial charge >= 0.3 is 0 Å². The van der Waals surface area contributed by atoms with E-state index in [2.05, 4.69) is 17.1 Å². The Bertz CT molecular complexity index is 895. The molecular weight excluding hydrogens is 246 g/mol. The Labute approximate surface area is 108 Å². The molecule has 0 spiro atoms. The minimum Gasteiger partial charge on any atom is -0.443 e. The van der Waals surface area contributed by atoms with Crippen LogP contribution in [0.3, 0.4) is 0 Å². The molecule has 0 radical (unpaired) electrons. The maximum Gasteiger partial charge on any atom is 0.182 e. The van der Waals surface area contributed by atoms with Crippen molar-refractivity contribution in [3.8, 4) is 0 Å². The Balaban J connectivity index is 2.37. The van der Waals surface area contributed by atoms with E-state index in [1.54, 1.807) is 0 Å². The summed E-state index contributed by atoms with van der Waals surface area (Å²) in [5, 5.41) is 5.24. The fraction of sp³-hybridized carbons (Fsp3) is 0. The van der Waals surface area contributed by atoms with Gasteiger partial charge in [0.1, 0.15) is 5.52 Å². The fourth-order valence-corrected chi connectivity index (χ4v) is 2.61. The second-order valence-electron chi connectivity index (χ2n) is 4.29. The summed E-state index contributed by atoms with van der Waals surface area (Å²) in [6.45, 7) is 0. The van der Waals surface area contributed by atoms with Crippen molar-refractivity contribution >= 4 is 44.2 Å². The van der Waals surface area contributed by atoms with Crippen molar-refractivity contribution in [2.24, 2.45) is 0 Å². The van der Waals surface area contributed by atoms with E-state index < -0.39 is 0 Å². The van der Waals surface area contributed by atoms with Crippen LogP contribution in [-0.2, 0) is 0 Å². The molecule has 0 unspecified atom stereocenters. The smallest absolute Gasteiger partial charge is 0.182 e. The number of oxazole rings is 1. The van der Waals surface area contributed by atoms with Gasteiger partial charge in [-0.05, 0) is 34.4 Å². The molecule has 0 bridgehead atoms. The summed E-state index contributed by atoms with van der Waals surface area (Å²) in [4.78, 5) is 4.32. The van der Waals surface area contributed by atoms with Crippen molar-refractivity contribution in [3.05, 3.63) is 53.9 Å². The second-order valence-corrected chi connectivity index (χ2v) is 4.73. The summed E-state index contributed by atoms with van der Waals surface area (Å²) in [6.07, 6.45) is 1.48. The van der Waals surface area contributed by atoms with Crippen molar-refractivity contribution in [1.82, 2.24) is 4.98 Å². The molecular formula is C15H8ClNO. The van der Waals surface area contributed by atoms with Crippen molar-refractivity contribution in [3.63, 3.8) is 0 Å². The summed E-state index contributed by atoms with van der Waals surface area (Å²) >= 11 is 6.10. The van der Waals surface area contributed by atoms with Crippen LogP contribution in [0.4, 0.5) is 0 Å². The van der Waals surface area contributed by atoms with Crippen LogP contribution in [0.25, 0.3) is 32.6 Å². The van der Waals surface area contributed by atoms with E-state index in [0.29, 0.717) is 0 Å². The molecule has 4 aromatic rings. The quantitative estimate of drug-likeness (QED) is 0.421. The van der Waals surface area contributed by atoms with Crippen molar-refractivity contribution < 1.29 is 4.42 Å². The standard InChI is InChI=1S/C15H8ClNO/c16-11-5-3-9-1-2-10-4-6-13-15(17-8-18-13)14(10)12(9)7-11/h1-8H. The maximum atomic E-state index is 6.10. The van der Waals surface area contributed by atoms with Crippen LogP contribution < -0.4 is 0 Å². The molecule has 1 heterocycles. The predicted octanol–water partition coefficient (Wildman–Crippen LogP) is 4.79. The number of rotatable bonds is 0. The molecule has 3 heteroatoms. The third-order valence-corrected chi connectivity index (χ3v) is 3.50. The molecule has 18 heavy (non-hydrogen) atoms. The first-order chi connectivity index (χ1) is 8.83. The topological polar surface area (TPSA) is 26.0 Å². The number of hydrogen-bond acceptors (Lipinski definition) is 2. The molecule has 3 aromatic carbocycles. The molecule has 0 saturated heterocycles. The van der Waals surface area contributed by atoms with E-state index in [1.807, 2.05) is 30.3 Å². The zero-order chi connectivity index (χ0) is 12.1. The lowest BCUT2D eigenvalue weighted by atomic mass is 10.0. The Morgan fingerprint density at radius 2 is 1.72 bits per heavy atom. The maximum absolute atomic E-state index is 6.10. The van der Waals surface area contributed by atoms with Gasteiger partial charge < -0.3 is 4.42 Å². The highest BCUT2D eigenvalue weighted by Crippen LogP contribution is 2.32. The van der Waals surface area contributed by atoms with Gasteiger partial charge in [0.25, 0.3) is 0 Å². The largest absolute Gasteiger partial charge is 0.443 e. The molecule has 1 aromatic heterocycles. The van der Waals surface area contributed by atoms with Crippen LogP contribution in [0.15, 0.2) is 53.3 Å². The SMILES string of the molecule is Clc1ccc2ccc3ccc4ocnc4c3c2c1. The lowest BCUT2D eigenvalue weighted by molar-refractivity contribution is 0.602. The van der Waals surface area contributed by atoms with Crippen LogP contribution in [0.2, 0.25) is 5.02 Å². The van der Waals surface area contributed by atoms with Gasteiger partial charge in [0.15, 0.2) is 12.0 Å². The van der Waals surface area contributed by atoms with Gasteiger partial charge in [0, 0.05) is 10.4 Å². The summed E-state index contributed by atoms with van der Waals surface area (Å²) in [5.74, 6) is 0. The molecule has 0 amide bonds. The van der Waals surface area contributed by atoms with Crippen LogP contribution >= 0.6 is 11.6 Å². The van der Waals surface area contributed by atoms with Gasteiger partial charge in [-0.25, -0.2) is 4.98 Å².